The van der Waals surface area contributed by atoms with Crippen LogP contribution >= 0.6 is 8.60 Å². The first-order valence-corrected chi connectivity index (χ1v) is 4.27. The van der Waals surface area contributed by atoms with E-state index in [1.807, 2.05) is 0 Å². The second-order valence-corrected chi connectivity index (χ2v) is 2.68. The molecule has 0 unspecified atom stereocenters. The Morgan fingerprint density at radius 1 is 1.30 bits per heavy atom. The molecule has 0 radical (unpaired) electrons. The van der Waals surface area contributed by atoms with E-state index in [-0.39, 0.29) is 0 Å². The van der Waals surface area contributed by atoms with Gasteiger partial charge >= 0.3 is 8.60 Å². The molecular weight excluding hydrogens is 155 g/mol. The van der Waals surface area contributed by atoms with E-state index >= 15 is 0 Å². The fourth-order valence-electron chi connectivity index (χ4n) is 0.829. The van der Waals surface area contributed by atoms with Gasteiger partial charge in [0.05, 0.1) is 0 Å². The normalized spacial score (nSPS) is 21.9. The van der Waals surface area contributed by atoms with Crippen LogP contribution in [-0.4, -0.2) is 41.0 Å². The third kappa shape index (κ3) is 2.88. The van der Waals surface area contributed by atoms with Crippen molar-refractivity contribution in [3.8, 4) is 0 Å². The number of rotatable bonds is 2. The molecule has 0 saturated carbocycles. The lowest BCUT2D eigenvalue weighted by atomic mass is 10.4. The zero-order chi connectivity index (χ0) is 7.40. The van der Waals surface area contributed by atoms with Crippen LogP contribution in [0.3, 0.4) is 0 Å². The van der Waals surface area contributed by atoms with Gasteiger partial charge in [0, 0.05) is 26.2 Å². The van der Waals surface area contributed by atoms with Crippen LogP contribution in [0.5, 0.6) is 0 Å². The summed E-state index contributed by atoms with van der Waals surface area (Å²) in [5.41, 5.74) is 0. The Morgan fingerprint density at radius 2 is 1.90 bits per heavy atom. The molecule has 0 aromatic heterocycles. The molecule has 0 aromatic rings. The van der Waals surface area contributed by atoms with E-state index in [2.05, 4.69) is 9.94 Å². The second kappa shape index (κ2) is 4.18. The topological polar surface area (TPSA) is 65.0 Å². The number of nitrogens with one attached hydrogen (secondary N) is 1. The van der Waals surface area contributed by atoms with Gasteiger partial charge < -0.3 is 15.1 Å². The van der Waals surface area contributed by atoms with Crippen molar-refractivity contribution in [3.05, 3.63) is 0 Å². The fourth-order valence-corrected chi connectivity index (χ4v) is 1.20. The smallest absolute Gasteiger partial charge is 0.327 e. The van der Waals surface area contributed by atoms with Crippen LogP contribution in [0.15, 0.2) is 0 Å². The summed E-state index contributed by atoms with van der Waals surface area (Å²) in [6.45, 7) is 3.09. The quantitative estimate of drug-likeness (QED) is 0.461. The maximum atomic E-state index is 8.44. The molecule has 1 aliphatic heterocycles. The Balaban J connectivity index is 2.13. The van der Waals surface area contributed by atoms with Gasteiger partial charge in [0.2, 0.25) is 0 Å². The molecule has 0 aromatic carbocycles. The highest BCUT2D eigenvalue weighted by Crippen LogP contribution is 2.25. The predicted octanol–water partition coefficient (Wildman–Crippen LogP) is -0.965. The van der Waals surface area contributed by atoms with E-state index in [0.29, 0.717) is 13.1 Å². The number of hydrogen-bond donors (Lipinski definition) is 3. The molecule has 10 heavy (non-hydrogen) atoms. The molecular formula is C4H11N2O3P. The highest BCUT2D eigenvalue weighted by atomic mass is 31.2. The molecule has 6 heteroatoms. The van der Waals surface area contributed by atoms with Crippen molar-refractivity contribution in [2.75, 3.05) is 26.2 Å². The maximum Gasteiger partial charge on any atom is 0.345 e. The molecule has 5 nitrogen and oxygen atoms in total. The van der Waals surface area contributed by atoms with E-state index in [9.17, 15) is 0 Å². The van der Waals surface area contributed by atoms with Crippen LogP contribution < -0.4 is 5.32 Å². The van der Waals surface area contributed by atoms with Crippen molar-refractivity contribution in [1.29, 1.82) is 0 Å². The van der Waals surface area contributed by atoms with Crippen molar-refractivity contribution < 1.29 is 14.4 Å². The second-order valence-electron chi connectivity index (χ2n) is 2.01. The van der Waals surface area contributed by atoms with Gasteiger partial charge in [0.15, 0.2) is 0 Å². The van der Waals surface area contributed by atoms with E-state index in [1.165, 1.54) is 0 Å². The van der Waals surface area contributed by atoms with Crippen molar-refractivity contribution in [2.45, 2.75) is 0 Å². The maximum absolute atomic E-state index is 8.44. The zero-order valence-corrected chi connectivity index (χ0v) is 6.42. The minimum atomic E-state index is -2.23. The van der Waals surface area contributed by atoms with Crippen LogP contribution in [0.2, 0.25) is 0 Å². The van der Waals surface area contributed by atoms with E-state index in [1.54, 1.807) is 5.06 Å². The number of piperazine rings is 1. The van der Waals surface area contributed by atoms with Gasteiger partial charge in [-0.25, -0.2) is 4.62 Å². The highest BCUT2D eigenvalue weighted by Gasteiger charge is 2.13. The Hall–Kier alpha value is 0.230. The van der Waals surface area contributed by atoms with Gasteiger partial charge in [0.1, 0.15) is 0 Å². The molecule has 0 bridgehead atoms. The summed E-state index contributed by atoms with van der Waals surface area (Å²) < 4.78 is 4.66. The Morgan fingerprint density at radius 3 is 2.40 bits per heavy atom. The minimum absolute atomic E-state index is 0.708. The van der Waals surface area contributed by atoms with Crippen LogP contribution in [0.4, 0.5) is 0 Å². The zero-order valence-electron chi connectivity index (χ0n) is 5.53. The van der Waals surface area contributed by atoms with Gasteiger partial charge in [-0.05, 0) is 0 Å². The third-order valence-corrected chi connectivity index (χ3v) is 1.64. The molecule has 1 aliphatic rings. The highest BCUT2D eigenvalue weighted by molar-refractivity contribution is 7.39. The van der Waals surface area contributed by atoms with Crippen molar-refractivity contribution in [1.82, 2.24) is 10.4 Å². The van der Waals surface area contributed by atoms with Crippen LogP contribution in [-0.2, 0) is 4.62 Å². The summed E-state index contributed by atoms with van der Waals surface area (Å²) in [7, 11) is -2.23. The van der Waals surface area contributed by atoms with Gasteiger partial charge in [-0.15, -0.1) is 0 Å². The van der Waals surface area contributed by atoms with Gasteiger partial charge in [-0.1, -0.05) is 0 Å². The first kappa shape index (κ1) is 8.33. The number of nitrogens with zero attached hydrogens (tertiary/aromatic N) is 1. The van der Waals surface area contributed by atoms with Crippen LogP contribution in [0, 0.1) is 0 Å². The summed E-state index contributed by atoms with van der Waals surface area (Å²) >= 11 is 0. The summed E-state index contributed by atoms with van der Waals surface area (Å²) in [4.78, 5) is 16.9. The van der Waals surface area contributed by atoms with Gasteiger partial charge in [-0.3, -0.25) is 0 Å². The number of hydroxylamine groups is 2. The molecule has 3 N–H and O–H groups in total. The van der Waals surface area contributed by atoms with Gasteiger partial charge in [-0.2, -0.15) is 5.06 Å². The van der Waals surface area contributed by atoms with E-state index in [0.717, 1.165) is 13.1 Å². The average molecular weight is 166 g/mol. The Bertz CT molecular complexity index is 96.5. The van der Waals surface area contributed by atoms with Crippen molar-refractivity contribution >= 4 is 8.60 Å². The van der Waals surface area contributed by atoms with Crippen LogP contribution in [0.25, 0.3) is 0 Å². The first-order chi connectivity index (χ1) is 4.79. The molecule has 1 saturated heterocycles. The molecule has 1 rings (SSSR count). The summed E-state index contributed by atoms with van der Waals surface area (Å²) in [6.07, 6.45) is 0. The third-order valence-electron chi connectivity index (χ3n) is 1.26. The monoisotopic (exact) mass is 166 g/mol. The molecule has 1 heterocycles. The van der Waals surface area contributed by atoms with E-state index in [4.69, 9.17) is 9.79 Å². The van der Waals surface area contributed by atoms with Crippen molar-refractivity contribution in [2.24, 2.45) is 0 Å². The Labute approximate surface area is 60.6 Å². The molecule has 0 amide bonds. The van der Waals surface area contributed by atoms with Crippen molar-refractivity contribution in [3.63, 3.8) is 0 Å². The lowest BCUT2D eigenvalue weighted by molar-refractivity contribution is -0.0750. The first-order valence-electron chi connectivity index (χ1n) is 3.10. The number of hydrogen-bond acceptors (Lipinski definition) is 5. The summed E-state index contributed by atoms with van der Waals surface area (Å²) in [5.74, 6) is 0. The predicted molar refractivity (Wildman–Crippen MR) is 36.9 cm³/mol. The van der Waals surface area contributed by atoms with Crippen LogP contribution in [0.1, 0.15) is 0 Å². The minimum Gasteiger partial charge on any atom is -0.327 e. The largest absolute Gasteiger partial charge is 0.345 e. The molecule has 0 spiro atoms. The lowest BCUT2D eigenvalue weighted by Gasteiger charge is -2.25. The SMILES string of the molecule is OP(O)ON1CCNCC1. The standard InChI is InChI=1S/C4H11N2O3P/c7-10(8)9-6-3-1-5-2-4-6/h5,7-8H,1-4H2. The molecule has 1 fully saturated rings. The summed E-state index contributed by atoms with van der Waals surface area (Å²) in [6, 6.07) is 0. The summed E-state index contributed by atoms with van der Waals surface area (Å²) in [5, 5.41) is 4.67. The van der Waals surface area contributed by atoms with Gasteiger partial charge in [0.25, 0.3) is 0 Å². The van der Waals surface area contributed by atoms with E-state index < -0.39 is 8.60 Å². The molecule has 60 valence electrons. The Kier molecular flexibility index (Phi) is 3.48. The molecule has 0 atom stereocenters. The molecule has 0 aliphatic carbocycles. The fraction of sp³-hybridized carbons (Fsp3) is 1.00. The average Bonchev–Trinajstić information content (AvgIpc) is 1.88. The lowest BCUT2D eigenvalue weighted by Crippen LogP contribution is -2.42.